The predicted molar refractivity (Wildman–Crippen MR) is 105 cm³/mol. The van der Waals surface area contributed by atoms with Crippen molar-refractivity contribution in [3.05, 3.63) is 57.7 Å². The van der Waals surface area contributed by atoms with Gasteiger partial charge in [0.15, 0.2) is 0 Å². The van der Waals surface area contributed by atoms with E-state index in [-0.39, 0.29) is 10.6 Å². The number of methoxy groups -OCH3 is 1. The molecule has 0 spiro atoms. The van der Waals surface area contributed by atoms with Crippen LogP contribution in [-0.4, -0.2) is 13.0 Å². The van der Waals surface area contributed by atoms with Crippen LogP contribution in [0.15, 0.2) is 42.1 Å². The summed E-state index contributed by atoms with van der Waals surface area (Å²) in [4.78, 5) is 12.3. The van der Waals surface area contributed by atoms with Gasteiger partial charge >= 0.3 is 0 Å². The smallest absolute Gasteiger partial charge is 0.267 e. The molecule has 134 valence electrons. The Balaban J connectivity index is 2.21. The Hall–Kier alpha value is -2.88. The quantitative estimate of drug-likeness (QED) is 0.400. The normalized spacial score (nSPS) is 10.8. The number of benzene rings is 2. The summed E-state index contributed by atoms with van der Waals surface area (Å²) in [6, 6.07) is 9.90. The molecule has 2 rings (SSSR count). The second kappa shape index (κ2) is 8.48. The number of anilines is 3. The number of amides is 1. The van der Waals surface area contributed by atoms with Crippen LogP contribution in [-0.2, 0) is 4.79 Å². The number of halogens is 2. The number of rotatable bonds is 5. The first-order chi connectivity index (χ1) is 12.3. The summed E-state index contributed by atoms with van der Waals surface area (Å²) in [6.07, 6.45) is 1.28. The van der Waals surface area contributed by atoms with Crippen molar-refractivity contribution in [1.29, 1.82) is 5.26 Å². The summed E-state index contributed by atoms with van der Waals surface area (Å²) in [5, 5.41) is 15.5. The van der Waals surface area contributed by atoms with Gasteiger partial charge in [0.05, 0.1) is 23.5 Å². The molecular formula is C18H16Cl2N4O2. The number of hydrogen-bond acceptors (Lipinski definition) is 5. The number of nitriles is 1. The summed E-state index contributed by atoms with van der Waals surface area (Å²) in [7, 11) is 1.50. The van der Waals surface area contributed by atoms with E-state index in [2.05, 4.69) is 10.6 Å². The summed E-state index contributed by atoms with van der Waals surface area (Å²) in [6.45, 7) is 1.83. The molecule has 0 atom stereocenters. The fraction of sp³-hybridized carbons (Fsp3) is 0.111. The Morgan fingerprint density at radius 3 is 2.58 bits per heavy atom. The van der Waals surface area contributed by atoms with Crippen LogP contribution in [0.1, 0.15) is 5.56 Å². The van der Waals surface area contributed by atoms with Gasteiger partial charge in [-0.2, -0.15) is 5.26 Å². The third-order valence-electron chi connectivity index (χ3n) is 3.46. The molecule has 0 radical (unpaired) electrons. The fourth-order valence-electron chi connectivity index (χ4n) is 2.07. The molecular weight excluding hydrogens is 375 g/mol. The molecule has 0 aromatic heterocycles. The summed E-state index contributed by atoms with van der Waals surface area (Å²) >= 11 is 12.1. The van der Waals surface area contributed by atoms with Crippen LogP contribution >= 0.6 is 23.2 Å². The number of aryl methyl sites for hydroxylation is 1. The maximum Gasteiger partial charge on any atom is 0.267 e. The standard InChI is InChI=1S/C18H16Cl2N4O2/c1-10-5-16(17(26-2)7-13(10)19)23-9-11(8-21)18(25)24-15-4-3-12(22)6-14(15)20/h3-7,9,23H,22H2,1-2H3,(H,24,25)/b11-9-. The predicted octanol–water partition coefficient (Wildman–Crippen LogP) is 4.35. The van der Waals surface area contributed by atoms with E-state index in [0.29, 0.717) is 27.8 Å². The van der Waals surface area contributed by atoms with Crippen molar-refractivity contribution in [3.8, 4) is 11.8 Å². The number of hydrogen-bond donors (Lipinski definition) is 3. The van der Waals surface area contributed by atoms with Gasteiger partial charge in [0.2, 0.25) is 0 Å². The van der Waals surface area contributed by atoms with Crippen molar-refractivity contribution >= 4 is 46.2 Å². The molecule has 0 aliphatic heterocycles. The molecule has 1 amide bonds. The average Bonchev–Trinajstić information content (AvgIpc) is 2.60. The Labute approximate surface area is 161 Å². The molecule has 0 unspecified atom stereocenters. The highest BCUT2D eigenvalue weighted by Gasteiger charge is 2.12. The average molecular weight is 391 g/mol. The van der Waals surface area contributed by atoms with Gasteiger partial charge in [0.25, 0.3) is 5.91 Å². The molecule has 0 aliphatic rings. The minimum atomic E-state index is -0.615. The monoisotopic (exact) mass is 390 g/mol. The van der Waals surface area contributed by atoms with E-state index in [9.17, 15) is 10.1 Å². The zero-order valence-electron chi connectivity index (χ0n) is 14.1. The van der Waals surface area contributed by atoms with Gasteiger partial charge in [-0.15, -0.1) is 0 Å². The highest BCUT2D eigenvalue weighted by atomic mass is 35.5. The molecule has 2 aromatic carbocycles. The van der Waals surface area contributed by atoms with E-state index in [1.807, 2.05) is 13.0 Å². The molecule has 0 bridgehead atoms. The van der Waals surface area contributed by atoms with Crippen molar-refractivity contribution in [1.82, 2.24) is 0 Å². The highest BCUT2D eigenvalue weighted by Crippen LogP contribution is 2.31. The van der Waals surface area contributed by atoms with E-state index in [1.54, 1.807) is 24.3 Å². The van der Waals surface area contributed by atoms with Gasteiger partial charge in [-0.05, 0) is 36.8 Å². The van der Waals surface area contributed by atoms with Crippen LogP contribution < -0.4 is 21.1 Å². The van der Waals surface area contributed by atoms with E-state index < -0.39 is 5.91 Å². The van der Waals surface area contributed by atoms with Gasteiger partial charge in [-0.1, -0.05) is 23.2 Å². The van der Waals surface area contributed by atoms with Gasteiger partial charge < -0.3 is 21.1 Å². The van der Waals surface area contributed by atoms with Crippen LogP contribution in [0, 0.1) is 18.3 Å². The summed E-state index contributed by atoms with van der Waals surface area (Å²) in [5.74, 6) is -0.132. The van der Waals surface area contributed by atoms with Crippen LogP contribution in [0.4, 0.5) is 17.1 Å². The Morgan fingerprint density at radius 1 is 1.23 bits per heavy atom. The number of carbonyl (C=O) groups is 1. The first-order valence-corrected chi connectivity index (χ1v) is 8.18. The van der Waals surface area contributed by atoms with Crippen LogP contribution in [0.25, 0.3) is 0 Å². The van der Waals surface area contributed by atoms with Crippen molar-refractivity contribution in [3.63, 3.8) is 0 Å². The second-order valence-corrected chi connectivity index (χ2v) is 6.12. The van der Waals surface area contributed by atoms with Crippen molar-refractivity contribution in [2.45, 2.75) is 6.92 Å². The molecule has 4 N–H and O–H groups in total. The fourth-order valence-corrected chi connectivity index (χ4v) is 2.46. The number of nitrogens with two attached hydrogens (primary N) is 1. The third kappa shape index (κ3) is 4.60. The van der Waals surface area contributed by atoms with Gasteiger partial charge in [0, 0.05) is 23.0 Å². The largest absolute Gasteiger partial charge is 0.495 e. The lowest BCUT2D eigenvalue weighted by Gasteiger charge is -2.11. The first-order valence-electron chi connectivity index (χ1n) is 7.43. The van der Waals surface area contributed by atoms with Crippen LogP contribution in [0.5, 0.6) is 5.75 Å². The van der Waals surface area contributed by atoms with E-state index >= 15 is 0 Å². The number of nitrogens with one attached hydrogen (secondary N) is 2. The highest BCUT2D eigenvalue weighted by molar-refractivity contribution is 6.34. The molecule has 2 aromatic rings. The Morgan fingerprint density at radius 2 is 1.96 bits per heavy atom. The van der Waals surface area contributed by atoms with E-state index in [1.165, 1.54) is 19.4 Å². The lowest BCUT2D eigenvalue weighted by molar-refractivity contribution is -0.112. The van der Waals surface area contributed by atoms with Crippen molar-refractivity contribution < 1.29 is 9.53 Å². The molecule has 0 saturated heterocycles. The zero-order chi connectivity index (χ0) is 19.3. The molecule has 6 nitrogen and oxygen atoms in total. The first kappa shape index (κ1) is 19.4. The van der Waals surface area contributed by atoms with E-state index in [4.69, 9.17) is 33.7 Å². The van der Waals surface area contributed by atoms with Crippen molar-refractivity contribution in [2.24, 2.45) is 0 Å². The van der Waals surface area contributed by atoms with Gasteiger partial charge in [-0.3, -0.25) is 4.79 Å². The molecule has 0 fully saturated rings. The van der Waals surface area contributed by atoms with E-state index in [0.717, 1.165) is 5.56 Å². The number of carbonyl (C=O) groups excluding carboxylic acids is 1. The maximum atomic E-state index is 12.3. The SMILES string of the molecule is COc1cc(Cl)c(C)cc1N/C=C(/C#N)C(=O)Nc1ccc(N)cc1Cl. The molecule has 26 heavy (non-hydrogen) atoms. The zero-order valence-corrected chi connectivity index (χ0v) is 15.6. The third-order valence-corrected chi connectivity index (χ3v) is 4.18. The number of nitrogen functional groups attached to an aromatic ring is 1. The van der Waals surface area contributed by atoms with Crippen molar-refractivity contribution in [2.75, 3.05) is 23.5 Å². The maximum absolute atomic E-state index is 12.3. The Bertz CT molecular complexity index is 920. The summed E-state index contributed by atoms with van der Waals surface area (Å²) in [5.41, 5.74) is 7.68. The number of nitrogens with zero attached hydrogens (tertiary/aromatic N) is 1. The topological polar surface area (TPSA) is 100 Å². The molecule has 0 heterocycles. The number of ether oxygens (including phenoxy) is 1. The molecule has 8 heteroatoms. The lowest BCUT2D eigenvalue weighted by Crippen LogP contribution is -2.15. The van der Waals surface area contributed by atoms with Gasteiger partial charge in [-0.25, -0.2) is 0 Å². The van der Waals surface area contributed by atoms with Gasteiger partial charge in [0.1, 0.15) is 17.4 Å². The lowest BCUT2D eigenvalue weighted by atomic mass is 10.2. The minimum absolute atomic E-state index is 0.146. The summed E-state index contributed by atoms with van der Waals surface area (Å²) < 4.78 is 5.24. The van der Waals surface area contributed by atoms with Crippen LogP contribution in [0.3, 0.4) is 0 Å². The molecule has 0 saturated carbocycles. The second-order valence-electron chi connectivity index (χ2n) is 5.31. The van der Waals surface area contributed by atoms with Crippen LogP contribution in [0.2, 0.25) is 10.0 Å². The minimum Gasteiger partial charge on any atom is -0.495 e. The molecule has 0 aliphatic carbocycles. The Kier molecular flexibility index (Phi) is 6.34.